The van der Waals surface area contributed by atoms with Crippen molar-refractivity contribution in [3.05, 3.63) is 30.1 Å². The summed E-state index contributed by atoms with van der Waals surface area (Å²) in [4.78, 5) is 11.7. The van der Waals surface area contributed by atoms with Gasteiger partial charge in [0.15, 0.2) is 9.84 Å². The molecule has 1 aliphatic heterocycles. The molecule has 1 N–H and O–H groups in total. The molecule has 1 fully saturated rings. The Hall–Kier alpha value is -1.43. The van der Waals surface area contributed by atoms with Crippen LogP contribution in [0.1, 0.15) is 12.8 Å². The number of benzene rings is 1. The van der Waals surface area contributed by atoms with E-state index >= 15 is 0 Å². The molecule has 0 aliphatic carbocycles. The van der Waals surface area contributed by atoms with Gasteiger partial charge in [0, 0.05) is 6.42 Å². The second-order valence-corrected chi connectivity index (χ2v) is 6.73. The van der Waals surface area contributed by atoms with Gasteiger partial charge in [-0.15, -0.1) is 0 Å². The van der Waals surface area contributed by atoms with E-state index in [4.69, 9.17) is 0 Å². The van der Waals surface area contributed by atoms with Crippen molar-refractivity contribution in [1.29, 1.82) is 0 Å². The Morgan fingerprint density at radius 2 is 2.11 bits per heavy atom. The Morgan fingerprint density at radius 1 is 1.39 bits per heavy atom. The number of anilines is 1. The number of para-hydroxylation sites is 1. The summed E-state index contributed by atoms with van der Waals surface area (Å²) >= 11 is 0. The molecule has 1 aromatic rings. The number of rotatable bonds is 3. The molecule has 1 heterocycles. The van der Waals surface area contributed by atoms with Crippen LogP contribution in [0.3, 0.4) is 0 Å². The molecule has 6 heteroatoms. The topological polar surface area (TPSA) is 63.2 Å². The number of amides is 1. The molecule has 0 spiro atoms. The molecule has 1 amide bonds. The number of halogens is 1. The van der Waals surface area contributed by atoms with Gasteiger partial charge in [0.25, 0.3) is 0 Å². The highest BCUT2D eigenvalue weighted by Crippen LogP contribution is 2.22. The van der Waals surface area contributed by atoms with Crippen LogP contribution in [0, 0.1) is 11.7 Å². The predicted molar refractivity (Wildman–Crippen MR) is 66.4 cm³/mol. The van der Waals surface area contributed by atoms with Gasteiger partial charge < -0.3 is 5.32 Å². The maximum atomic E-state index is 13.3. The molecule has 4 nitrogen and oxygen atoms in total. The molecule has 0 unspecified atom stereocenters. The van der Waals surface area contributed by atoms with Crippen LogP contribution in [-0.2, 0) is 14.6 Å². The third kappa shape index (κ3) is 3.29. The standard InChI is InChI=1S/C12H14FNO3S/c13-10-3-1-2-4-11(10)14-12(15)7-9-5-6-18(16,17)8-9/h1-4,9H,5-8H2,(H,14,15)/t9-/m1/s1. The van der Waals surface area contributed by atoms with E-state index < -0.39 is 15.7 Å². The summed E-state index contributed by atoms with van der Waals surface area (Å²) in [5, 5.41) is 2.46. The smallest absolute Gasteiger partial charge is 0.224 e. The maximum Gasteiger partial charge on any atom is 0.224 e. The third-order valence-electron chi connectivity index (χ3n) is 2.95. The molecule has 98 valence electrons. The minimum absolute atomic E-state index is 0.0533. The Bertz CT molecular complexity index is 556. The van der Waals surface area contributed by atoms with Gasteiger partial charge in [-0.25, -0.2) is 12.8 Å². The highest BCUT2D eigenvalue weighted by Gasteiger charge is 2.29. The first-order valence-corrected chi connectivity index (χ1v) is 7.53. The summed E-state index contributed by atoms with van der Waals surface area (Å²) in [7, 11) is -2.98. The zero-order chi connectivity index (χ0) is 13.2. The van der Waals surface area contributed by atoms with Gasteiger partial charge in [-0.05, 0) is 24.5 Å². The molecular weight excluding hydrogens is 257 g/mol. The fourth-order valence-electron chi connectivity index (χ4n) is 2.06. The van der Waals surface area contributed by atoms with Crippen LogP contribution in [0.25, 0.3) is 0 Å². The number of nitrogens with one attached hydrogen (secondary N) is 1. The SMILES string of the molecule is O=C(C[C@H]1CCS(=O)(=O)C1)Nc1ccccc1F. The van der Waals surface area contributed by atoms with Crippen LogP contribution in [0.5, 0.6) is 0 Å². The van der Waals surface area contributed by atoms with E-state index in [0.29, 0.717) is 6.42 Å². The second kappa shape index (κ2) is 5.06. The van der Waals surface area contributed by atoms with Crippen molar-refractivity contribution in [3.8, 4) is 0 Å². The lowest BCUT2D eigenvalue weighted by molar-refractivity contribution is -0.116. The monoisotopic (exact) mass is 271 g/mol. The van der Waals surface area contributed by atoms with E-state index in [1.165, 1.54) is 18.2 Å². The normalized spacial score (nSPS) is 21.7. The lowest BCUT2D eigenvalue weighted by Gasteiger charge is -2.09. The Labute approximate surface area is 105 Å². The van der Waals surface area contributed by atoms with Crippen LogP contribution >= 0.6 is 0 Å². The molecule has 0 aromatic heterocycles. The maximum absolute atomic E-state index is 13.3. The summed E-state index contributed by atoms with van der Waals surface area (Å²) in [5.41, 5.74) is 0.128. The largest absolute Gasteiger partial charge is 0.324 e. The van der Waals surface area contributed by atoms with Crippen LogP contribution in [-0.4, -0.2) is 25.8 Å². The summed E-state index contributed by atoms with van der Waals surface area (Å²) < 4.78 is 35.8. The zero-order valence-corrected chi connectivity index (χ0v) is 10.5. The lowest BCUT2D eigenvalue weighted by atomic mass is 10.1. The van der Waals surface area contributed by atoms with E-state index in [9.17, 15) is 17.6 Å². The average Bonchev–Trinajstić information content (AvgIpc) is 2.61. The number of hydrogen-bond acceptors (Lipinski definition) is 3. The molecule has 1 aromatic carbocycles. The fourth-order valence-corrected chi connectivity index (χ4v) is 3.92. The van der Waals surface area contributed by atoms with Crippen molar-refractivity contribution in [1.82, 2.24) is 0 Å². The molecule has 0 radical (unpaired) electrons. The first-order chi connectivity index (χ1) is 8.46. The van der Waals surface area contributed by atoms with E-state index in [1.54, 1.807) is 6.07 Å². The summed E-state index contributed by atoms with van der Waals surface area (Å²) in [5.74, 6) is -0.795. The second-order valence-electron chi connectivity index (χ2n) is 4.50. The first-order valence-electron chi connectivity index (χ1n) is 5.71. The van der Waals surface area contributed by atoms with Gasteiger partial charge in [0.1, 0.15) is 5.82 Å². The highest BCUT2D eigenvalue weighted by atomic mass is 32.2. The third-order valence-corrected chi connectivity index (χ3v) is 4.79. The number of carbonyl (C=O) groups is 1. The molecule has 0 bridgehead atoms. The highest BCUT2D eigenvalue weighted by molar-refractivity contribution is 7.91. The molecule has 1 saturated heterocycles. The van der Waals surface area contributed by atoms with Crippen molar-refractivity contribution < 1.29 is 17.6 Å². The van der Waals surface area contributed by atoms with E-state index in [1.807, 2.05) is 0 Å². The van der Waals surface area contributed by atoms with Gasteiger partial charge in [-0.3, -0.25) is 4.79 Å². The van der Waals surface area contributed by atoms with E-state index in [2.05, 4.69) is 5.32 Å². The van der Waals surface area contributed by atoms with Crippen molar-refractivity contribution in [2.24, 2.45) is 5.92 Å². The van der Waals surface area contributed by atoms with Gasteiger partial charge in [-0.2, -0.15) is 0 Å². The summed E-state index contributed by atoms with van der Waals surface area (Å²) in [6.45, 7) is 0. The van der Waals surface area contributed by atoms with Crippen molar-refractivity contribution >= 4 is 21.4 Å². The molecule has 1 atom stereocenters. The van der Waals surface area contributed by atoms with Crippen LogP contribution in [0.4, 0.5) is 10.1 Å². The Kier molecular flexibility index (Phi) is 3.65. The minimum atomic E-state index is -2.98. The van der Waals surface area contributed by atoms with E-state index in [-0.39, 0.29) is 35.4 Å². The van der Waals surface area contributed by atoms with Crippen LogP contribution < -0.4 is 5.32 Å². The Balaban J connectivity index is 1.92. The molecule has 2 rings (SSSR count). The lowest BCUT2D eigenvalue weighted by Crippen LogP contribution is -2.18. The van der Waals surface area contributed by atoms with Gasteiger partial charge in [0.2, 0.25) is 5.91 Å². The van der Waals surface area contributed by atoms with Gasteiger partial charge >= 0.3 is 0 Å². The minimum Gasteiger partial charge on any atom is -0.324 e. The van der Waals surface area contributed by atoms with Crippen molar-refractivity contribution in [3.63, 3.8) is 0 Å². The molecule has 1 aliphatic rings. The summed E-state index contributed by atoms with van der Waals surface area (Å²) in [6.07, 6.45) is 0.626. The quantitative estimate of drug-likeness (QED) is 0.908. The summed E-state index contributed by atoms with van der Waals surface area (Å²) in [6, 6.07) is 5.89. The molecular formula is C12H14FNO3S. The number of sulfone groups is 1. The number of carbonyl (C=O) groups excluding carboxylic acids is 1. The molecule has 18 heavy (non-hydrogen) atoms. The average molecular weight is 271 g/mol. The van der Waals surface area contributed by atoms with Gasteiger partial charge in [0.05, 0.1) is 17.2 Å². The van der Waals surface area contributed by atoms with Crippen LogP contribution in [0.2, 0.25) is 0 Å². The first kappa shape index (κ1) is 13.0. The van der Waals surface area contributed by atoms with Crippen molar-refractivity contribution in [2.75, 3.05) is 16.8 Å². The van der Waals surface area contributed by atoms with E-state index in [0.717, 1.165) is 0 Å². The number of hydrogen-bond donors (Lipinski definition) is 1. The Morgan fingerprint density at radius 3 is 2.72 bits per heavy atom. The van der Waals surface area contributed by atoms with Crippen LogP contribution in [0.15, 0.2) is 24.3 Å². The van der Waals surface area contributed by atoms with Gasteiger partial charge in [-0.1, -0.05) is 12.1 Å². The molecule has 0 saturated carbocycles. The predicted octanol–water partition coefficient (Wildman–Crippen LogP) is 1.59. The van der Waals surface area contributed by atoms with Crippen molar-refractivity contribution in [2.45, 2.75) is 12.8 Å². The zero-order valence-electron chi connectivity index (χ0n) is 9.73. The fraction of sp³-hybridized carbons (Fsp3) is 0.417.